The second-order valence-corrected chi connectivity index (χ2v) is 4.96. The lowest BCUT2D eigenvalue weighted by Gasteiger charge is -2.19. The van der Waals surface area contributed by atoms with Gasteiger partial charge in [0.2, 0.25) is 0 Å². The van der Waals surface area contributed by atoms with Gasteiger partial charge in [-0.05, 0) is 27.2 Å². The largest absolute Gasteiger partial charge is 0.448 e. The Morgan fingerprint density at radius 1 is 1.53 bits per heavy atom. The van der Waals surface area contributed by atoms with Gasteiger partial charge < -0.3 is 20.2 Å². The number of ether oxygens (including phenoxy) is 1. The Labute approximate surface area is 119 Å². The van der Waals surface area contributed by atoms with Crippen molar-refractivity contribution in [2.24, 2.45) is 5.73 Å². The summed E-state index contributed by atoms with van der Waals surface area (Å²) in [7, 11) is 0. The second kappa shape index (κ2) is 8.01. The maximum atomic E-state index is 11.4. The van der Waals surface area contributed by atoms with Crippen molar-refractivity contribution in [2.45, 2.75) is 45.8 Å². The highest BCUT2D eigenvalue weighted by Crippen LogP contribution is 2.09. The number of rotatable bonds is 5. The van der Waals surface area contributed by atoms with Crippen molar-refractivity contribution >= 4 is 18.5 Å². The molecule has 0 aliphatic carbocycles. The molecule has 0 aliphatic rings. The van der Waals surface area contributed by atoms with Crippen molar-refractivity contribution in [3.05, 3.63) is 17.8 Å². The third-order valence-electron chi connectivity index (χ3n) is 2.17. The fourth-order valence-corrected chi connectivity index (χ4v) is 1.42. The smallest absolute Gasteiger partial charge is 0.407 e. The third kappa shape index (κ3) is 7.03. The molecule has 0 bridgehead atoms. The van der Waals surface area contributed by atoms with Crippen LogP contribution in [0.4, 0.5) is 4.79 Å². The van der Waals surface area contributed by atoms with E-state index in [1.54, 1.807) is 0 Å². The Balaban J connectivity index is 0.00000324. The van der Waals surface area contributed by atoms with Crippen LogP contribution in [-0.4, -0.2) is 23.2 Å². The Kier molecular flexibility index (Phi) is 7.48. The molecule has 19 heavy (non-hydrogen) atoms. The first-order valence-electron chi connectivity index (χ1n) is 6.00. The number of hydrogen-bond acceptors (Lipinski definition) is 5. The summed E-state index contributed by atoms with van der Waals surface area (Å²) in [4.78, 5) is 15.3. The highest BCUT2D eigenvalue weighted by Gasteiger charge is 2.15. The number of aryl methyl sites for hydroxylation is 1. The third-order valence-corrected chi connectivity index (χ3v) is 2.17. The molecule has 0 atom stereocenters. The van der Waals surface area contributed by atoms with Crippen molar-refractivity contribution in [3.8, 4) is 0 Å². The Morgan fingerprint density at radius 3 is 2.79 bits per heavy atom. The molecule has 7 heteroatoms. The number of hydrogen-bond donors (Lipinski definition) is 2. The van der Waals surface area contributed by atoms with Gasteiger partial charge in [0.15, 0.2) is 6.39 Å². The number of amides is 1. The van der Waals surface area contributed by atoms with E-state index in [0.29, 0.717) is 19.5 Å². The molecule has 3 N–H and O–H groups in total. The highest BCUT2D eigenvalue weighted by molar-refractivity contribution is 5.85. The molecule has 0 fully saturated rings. The Morgan fingerprint density at radius 2 is 2.21 bits per heavy atom. The number of alkyl carbamates (subject to hydrolysis) is 1. The summed E-state index contributed by atoms with van der Waals surface area (Å²) in [5, 5.41) is 2.68. The van der Waals surface area contributed by atoms with Crippen LogP contribution in [0.25, 0.3) is 0 Å². The number of nitrogens with zero attached hydrogens (tertiary/aromatic N) is 1. The van der Waals surface area contributed by atoms with E-state index in [1.807, 2.05) is 20.8 Å². The minimum absolute atomic E-state index is 0. The van der Waals surface area contributed by atoms with Gasteiger partial charge in [-0.2, -0.15) is 0 Å². The van der Waals surface area contributed by atoms with Crippen molar-refractivity contribution in [1.29, 1.82) is 0 Å². The molecule has 110 valence electrons. The lowest BCUT2D eigenvalue weighted by Crippen LogP contribution is -2.33. The monoisotopic (exact) mass is 291 g/mol. The number of nitrogens with two attached hydrogens (primary N) is 1. The molecule has 0 aliphatic heterocycles. The Hall–Kier alpha value is -1.27. The highest BCUT2D eigenvalue weighted by atomic mass is 35.5. The van der Waals surface area contributed by atoms with Gasteiger partial charge in [0.25, 0.3) is 0 Å². The van der Waals surface area contributed by atoms with E-state index in [1.165, 1.54) is 6.39 Å². The minimum atomic E-state index is -0.471. The molecule has 1 aromatic rings. The SMILES string of the molecule is CC(C)(C)OC(=O)NCCCc1ocnc1CN.Cl. The van der Waals surface area contributed by atoms with Gasteiger partial charge >= 0.3 is 6.09 Å². The van der Waals surface area contributed by atoms with Gasteiger partial charge in [0, 0.05) is 19.5 Å². The van der Waals surface area contributed by atoms with Crippen molar-refractivity contribution in [2.75, 3.05) is 6.54 Å². The molecule has 0 spiro atoms. The van der Waals surface area contributed by atoms with E-state index >= 15 is 0 Å². The van der Waals surface area contributed by atoms with E-state index in [0.717, 1.165) is 17.9 Å². The predicted octanol–water partition coefficient (Wildman–Crippen LogP) is 2.01. The van der Waals surface area contributed by atoms with Crippen molar-refractivity contribution < 1.29 is 13.9 Å². The average molecular weight is 292 g/mol. The predicted molar refractivity (Wildman–Crippen MR) is 74.2 cm³/mol. The molecule has 0 saturated heterocycles. The summed E-state index contributed by atoms with van der Waals surface area (Å²) < 4.78 is 10.3. The molecule has 1 amide bonds. The van der Waals surface area contributed by atoms with Gasteiger partial charge in [-0.1, -0.05) is 0 Å². The Bertz CT molecular complexity index is 388. The molecular formula is C12H22ClN3O3. The fraction of sp³-hybridized carbons (Fsp3) is 0.667. The van der Waals surface area contributed by atoms with Crippen LogP contribution in [0.2, 0.25) is 0 Å². The topological polar surface area (TPSA) is 90.4 Å². The molecular weight excluding hydrogens is 270 g/mol. The summed E-state index contributed by atoms with van der Waals surface area (Å²) in [5.74, 6) is 0.781. The van der Waals surface area contributed by atoms with Crippen molar-refractivity contribution in [1.82, 2.24) is 10.3 Å². The van der Waals surface area contributed by atoms with Gasteiger partial charge in [-0.25, -0.2) is 9.78 Å². The maximum absolute atomic E-state index is 11.4. The zero-order chi connectivity index (χ0) is 13.6. The summed E-state index contributed by atoms with van der Waals surface area (Å²) in [6.45, 7) is 6.38. The van der Waals surface area contributed by atoms with Gasteiger partial charge in [-0.15, -0.1) is 12.4 Å². The standard InChI is InChI=1S/C12H21N3O3.ClH/c1-12(2,3)18-11(16)14-6-4-5-10-9(7-13)15-8-17-10;/h8H,4-7,13H2,1-3H3,(H,14,16);1H. The summed E-state index contributed by atoms with van der Waals surface area (Å²) in [6.07, 6.45) is 2.43. The molecule has 0 saturated carbocycles. The minimum Gasteiger partial charge on any atom is -0.448 e. The molecule has 0 unspecified atom stereocenters. The van der Waals surface area contributed by atoms with Gasteiger partial charge in [0.05, 0.1) is 5.69 Å². The molecule has 1 heterocycles. The number of oxazole rings is 1. The summed E-state index contributed by atoms with van der Waals surface area (Å²) >= 11 is 0. The first-order chi connectivity index (χ1) is 8.42. The van der Waals surface area contributed by atoms with Crippen LogP contribution in [0.3, 0.4) is 0 Å². The summed E-state index contributed by atoms with van der Waals surface area (Å²) in [5.41, 5.74) is 5.80. The van der Waals surface area contributed by atoms with Crippen LogP contribution >= 0.6 is 12.4 Å². The zero-order valence-electron chi connectivity index (χ0n) is 11.6. The molecule has 1 rings (SSSR count). The van der Waals surface area contributed by atoms with E-state index in [9.17, 15) is 4.79 Å². The quantitative estimate of drug-likeness (QED) is 0.810. The van der Waals surface area contributed by atoms with Gasteiger partial charge in [-0.3, -0.25) is 0 Å². The fourth-order valence-electron chi connectivity index (χ4n) is 1.42. The second-order valence-electron chi connectivity index (χ2n) is 4.96. The van der Waals surface area contributed by atoms with Crippen molar-refractivity contribution in [3.63, 3.8) is 0 Å². The van der Waals surface area contributed by atoms with E-state index in [2.05, 4.69) is 10.3 Å². The van der Waals surface area contributed by atoms with Crippen LogP contribution in [0.15, 0.2) is 10.8 Å². The molecule has 1 aromatic heterocycles. The van der Waals surface area contributed by atoms with Crippen LogP contribution < -0.4 is 11.1 Å². The number of nitrogens with one attached hydrogen (secondary N) is 1. The number of aromatic nitrogens is 1. The lowest BCUT2D eigenvalue weighted by atomic mass is 10.2. The first kappa shape index (κ1) is 17.7. The van der Waals surface area contributed by atoms with Crippen LogP contribution in [0.5, 0.6) is 0 Å². The van der Waals surface area contributed by atoms with Crippen LogP contribution in [0.1, 0.15) is 38.6 Å². The molecule has 0 radical (unpaired) electrons. The van der Waals surface area contributed by atoms with E-state index < -0.39 is 11.7 Å². The van der Waals surface area contributed by atoms with Crippen LogP contribution in [0, 0.1) is 0 Å². The normalized spacial score (nSPS) is 10.7. The summed E-state index contributed by atoms with van der Waals surface area (Å²) in [6, 6.07) is 0. The first-order valence-corrected chi connectivity index (χ1v) is 6.00. The maximum Gasteiger partial charge on any atom is 0.407 e. The average Bonchev–Trinajstić information content (AvgIpc) is 2.69. The number of halogens is 1. The molecule has 6 nitrogen and oxygen atoms in total. The van der Waals surface area contributed by atoms with Crippen LogP contribution in [-0.2, 0) is 17.7 Å². The molecule has 0 aromatic carbocycles. The number of carbonyl (C=O) groups is 1. The number of carbonyl (C=O) groups excluding carboxylic acids is 1. The zero-order valence-corrected chi connectivity index (χ0v) is 12.4. The van der Waals surface area contributed by atoms with E-state index in [-0.39, 0.29) is 12.4 Å². The lowest BCUT2D eigenvalue weighted by molar-refractivity contribution is 0.0527. The van der Waals surface area contributed by atoms with Gasteiger partial charge in [0.1, 0.15) is 11.4 Å². The van der Waals surface area contributed by atoms with E-state index in [4.69, 9.17) is 14.9 Å².